The van der Waals surface area contributed by atoms with Crippen molar-refractivity contribution in [1.82, 2.24) is 15.5 Å². The summed E-state index contributed by atoms with van der Waals surface area (Å²) in [5.41, 5.74) is 0. The lowest BCUT2D eigenvalue weighted by Gasteiger charge is -2.22. The van der Waals surface area contributed by atoms with Crippen LogP contribution in [0.5, 0.6) is 0 Å². The molecule has 0 radical (unpaired) electrons. The van der Waals surface area contributed by atoms with Crippen molar-refractivity contribution in [2.75, 3.05) is 31.2 Å². The number of hydrogen-bond acceptors (Lipinski definition) is 6. The van der Waals surface area contributed by atoms with E-state index >= 15 is 0 Å². The highest BCUT2D eigenvalue weighted by atomic mass is 16.5. The Balaban J connectivity index is 1.59. The summed E-state index contributed by atoms with van der Waals surface area (Å²) in [5.74, 6) is 2.65. The van der Waals surface area contributed by atoms with Gasteiger partial charge in [0, 0.05) is 31.5 Å². The highest BCUT2D eigenvalue weighted by Gasteiger charge is 2.38. The Bertz CT molecular complexity index is 556. The maximum Gasteiger partial charge on any atom is 0.266 e. The molecule has 0 spiro atoms. The zero-order valence-electron chi connectivity index (χ0n) is 14.8. The summed E-state index contributed by atoms with van der Waals surface area (Å²) in [4.78, 5) is 18.7. The molecule has 1 aliphatic carbocycles. The van der Waals surface area contributed by atoms with Crippen molar-refractivity contribution >= 4 is 11.9 Å². The van der Waals surface area contributed by atoms with Crippen LogP contribution < -0.4 is 10.2 Å². The SMILES string of the molecule is CCCOCC(=O)N[C@H]1CN(c2noc(C3CC3)n2)C[C@@H]1C(C)C. The van der Waals surface area contributed by atoms with Crippen molar-refractivity contribution in [3.8, 4) is 0 Å². The molecule has 1 aromatic heterocycles. The van der Waals surface area contributed by atoms with Crippen molar-refractivity contribution < 1.29 is 14.1 Å². The molecule has 1 aromatic rings. The third-order valence-corrected chi connectivity index (χ3v) is 4.79. The number of aromatic nitrogens is 2. The number of amides is 1. The van der Waals surface area contributed by atoms with Gasteiger partial charge in [-0.25, -0.2) is 0 Å². The molecule has 0 aromatic carbocycles. The van der Waals surface area contributed by atoms with Crippen molar-refractivity contribution in [2.45, 2.75) is 52.0 Å². The Hall–Kier alpha value is -1.63. The molecular formula is C17H28N4O3. The van der Waals surface area contributed by atoms with E-state index in [2.05, 4.69) is 34.2 Å². The number of anilines is 1. The molecule has 2 heterocycles. The highest BCUT2D eigenvalue weighted by molar-refractivity contribution is 5.77. The summed E-state index contributed by atoms with van der Waals surface area (Å²) in [5, 5.41) is 7.25. The molecule has 1 amide bonds. The summed E-state index contributed by atoms with van der Waals surface area (Å²) in [7, 11) is 0. The van der Waals surface area contributed by atoms with Gasteiger partial charge in [0.25, 0.3) is 5.95 Å². The van der Waals surface area contributed by atoms with Crippen LogP contribution in [0.2, 0.25) is 0 Å². The first-order valence-corrected chi connectivity index (χ1v) is 9.04. The molecule has 2 aliphatic rings. The molecular weight excluding hydrogens is 308 g/mol. The van der Waals surface area contributed by atoms with Crippen LogP contribution in [0.15, 0.2) is 4.52 Å². The molecule has 1 aliphatic heterocycles. The second-order valence-corrected chi connectivity index (χ2v) is 7.25. The van der Waals surface area contributed by atoms with E-state index < -0.39 is 0 Å². The predicted octanol–water partition coefficient (Wildman–Crippen LogP) is 1.95. The molecule has 1 saturated carbocycles. The lowest BCUT2D eigenvalue weighted by Crippen LogP contribution is -2.43. The average Bonchev–Trinajstić information content (AvgIpc) is 3.12. The minimum atomic E-state index is -0.0484. The minimum Gasteiger partial charge on any atom is -0.372 e. The molecule has 1 saturated heterocycles. The van der Waals surface area contributed by atoms with E-state index in [-0.39, 0.29) is 18.6 Å². The first-order valence-electron chi connectivity index (χ1n) is 9.04. The Labute approximate surface area is 143 Å². The molecule has 7 nitrogen and oxygen atoms in total. The van der Waals surface area contributed by atoms with Gasteiger partial charge in [-0.1, -0.05) is 20.8 Å². The van der Waals surface area contributed by atoms with Crippen molar-refractivity contribution in [1.29, 1.82) is 0 Å². The Morgan fingerprint density at radius 3 is 2.88 bits per heavy atom. The zero-order valence-corrected chi connectivity index (χ0v) is 14.8. The van der Waals surface area contributed by atoms with Gasteiger partial charge in [0.2, 0.25) is 11.8 Å². The molecule has 134 valence electrons. The largest absolute Gasteiger partial charge is 0.372 e. The Morgan fingerprint density at radius 1 is 1.42 bits per heavy atom. The quantitative estimate of drug-likeness (QED) is 0.731. The van der Waals surface area contributed by atoms with Crippen LogP contribution >= 0.6 is 0 Å². The monoisotopic (exact) mass is 336 g/mol. The molecule has 2 atom stereocenters. The normalized spacial score (nSPS) is 23.9. The molecule has 1 N–H and O–H groups in total. The third-order valence-electron chi connectivity index (χ3n) is 4.79. The number of nitrogens with one attached hydrogen (secondary N) is 1. The highest BCUT2D eigenvalue weighted by Crippen LogP contribution is 2.39. The van der Waals surface area contributed by atoms with Gasteiger partial charge in [-0.2, -0.15) is 4.98 Å². The molecule has 2 fully saturated rings. The van der Waals surface area contributed by atoms with E-state index in [1.807, 2.05) is 6.92 Å². The second-order valence-electron chi connectivity index (χ2n) is 7.25. The summed E-state index contributed by atoms with van der Waals surface area (Å²) >= 11 is 0. The summed E-state index contributed by atoms with van der Waals surface area (Å²) in [6.07, 6.45) is 3.21. The number of rotatable bonds is 8. The zero-order chi connectivity index (χ0) is 17.1. The van der Waals surface area contributed by atoms with Gasteiger partial charge in [-0.15, -0.1) is 0 Å². The van der Waals surface area contributed by atoms with Crippen LogP contribution in [0.4, 0.5) is 5.95 Å². The van der Waals surface area contributed by atoms with E-state index in [9.17, 15) is 4.79 Å². The van der Waals surface area contributed by atoms with Crippen LogP contribution in [0.25, 0.3) is 0 Å². The van der Waals surface area contributed by atoms with Gasteiger partial charge in [0.1, 0.15) is 6.61 Å². The predicted molar refractivity (Wildman–Crippen MR) is 89.9 cm³/mol. The van der Waals surface area contributed by atoms with E-state index in [1.165, 1.54) is 0 Å². The number of carbonyl (C=O) groups excluding carboxylic acids is 1. The molecule has 7 heteroatoms. The summed E-state index contributed by atoms with van der Waals surface area (Å²) in [6, 6.07) is 0.0885. The maximum atomic E-state index is 12.1. The third kappa shape index (κ3) is 4.06. The molecule has 0 bridgehead atoms. The van der Waals surface area contributed by atoms with E-state index in [0.717, 1.165) is 31.7 Å². The van der Waals surface area contributed by atoms with Crippen molar-refractivity contribution in [3.05, 3.63) is 5.89 Å². The fourth-order valence-corrected chi connectivity index (χ4v) is 3.23. The first kappa shape index (κ1) is 17.2. The fourth-order valence-electron chi connectivity index (χ4n) is 3.23. The van der Waals surface area contributed by atoms with E-state index in [4.69, 9.17) is 9.26 Å². The standard InChI is InChI=1S/C17H28N4O3/c1-4-7-23-10-15(22)18-14-9-21(8-13(14)11(2)3)17-19-16(24-20-17)12-5-6-12/h11-14H,4-10H2,1-3H3,(H,18,22)/t13-,14+/m1/s1. The summed E-state index contributed by atoms with van der Waals surface area (Å²) in [6.45, 7) is 8.70. The smallest absolute Gasteiger partial charge is 0.266 e. The average molecular weight is 336 g/mol. The molecule has 0 unspecified atom stereocenters. The number of carbonyl (C=O) groups is 1. The van der Waals surface area contributed by atoms with Gasteiger partial charge < -0.3 is 19.5 Å². The number of hydrogen-bond donors (Lipinski definition) is 1. The van der Waals surface area contributed by atoms with Gasteiger partial charge in [0.05, 0.1) is 6.04 Å². The molecule has 3 rings (SSSR count). The first-order chi connectivity index (χ1) is 11.6. The molecule has 24 heavy (non-hydrogen) atoms. The van der Waals surface area contributed by atoms with Crippen LogP contribution in [-0.2, 0) is 9.53 Å². The van der Waals surface area contributed by atoms with Gasteiger partial charge in [-0.3, -0.25) is 4.79 Å². The number of ether oxygens (including phenoxy) is 1. The lowest BCUT2D eigenvalue weighted by molar-refractivity contribution is -0.126. The van der Waals surface area contributed by atoms with Crippen molar-refractivity contribution in [3.63, 3.8) is 0 Å². The summed E-state index contributed by atoms with van der Waals surface area (Å²) < 4.78 is 10.7. The second kappa shape index (κ2) is 7.51. The topological polar surface area (TPSA) is 80.5 Å². The van der Waals surface area contributed by atoms with Crippen LogP contribution in [0.1, 0.15) is 51.8 Å². The van der Waals surface area contributed by atoms with Crippen LogP contribution in [0, 0.1) is 11.8 Å². The van der Waals surface area contributed by atoms with E-state index in [0.29, 0.717) is 36.9 Å². The lowest BCUT2D eigenvalue weighted by atomic mass is 9.91. The van der Waals surface area contributed by atoms with Crippen LogP contribution in [-0.4, -0.2) is 48.4 Å². The number of nitrogens with zero attached hydrogens (tertiary/aromatic N) is 3. The Kier molecular flexibility index (Phi) is 5.38. The maximum absolute atomic E-state index is 12.1. The van der Waals surface area contributed by atoms with Crippen molar-refractivity contribution in [2.24, 2.45) is 11.8 Å². The minimum absolute atomic E-state index is 0.0484. The Morgan fingerprint density at radius 2 is 2.21 bits per heavy atom. The van der Waals surface area contributed by atoms with Gasteiger partial charge in [0.15, 0.2) is 0 Å². The van der Waals surface area contributed by atoms with Gasteiger partial charge >= 0.3 is 0 Å². The van der Waals surface area contributed by atoms with Gasteiger partial charge in [-0.05, 0) is 30.3 Å². The van der Waals surface area contributed by atoms with E-state index in [1.54, 1.807) is 0 Å². The fraction of sp³-hybridized carbons (Fsp3) is 0.824. The van der Waals surface area contributed by atoms with Crippen LogP contribution in [0.3, 0.4) is 0 Å².